The van der Waals surface area contributed by atoms with Crippen molar-refractivity contribution in [1.82, 2.24) is 0 Å². The Balaban J connectivity index is 1.69. The lowest BCUT2D eigenvalue weighted by Crippen LogP contribution is -2.15. The minimum Gasteiger partial charge on any atom is -0.466 e. The molecule has 0 aliphatic rings. The summed E-state index contributed by atoms with van der Waals surface area (Å²) in [4.78, 5) is 35.0. The van der Waals surface area contributed by atoms with E-state index in [1.165, 1.54) is 12.5 Å². The Hall–Kier alpha value is -3.15. The highest BCUT2D eigenvalue weighted by atomic mass is 16.5. The predicted molar refractivity (Wildman–Crippen MR) is 109 cm³/mol. The Morgan fingerprint density at radius 2 is 1.71 bits per heavy atom. The molecule has 2 aromatic carbocycles. The largest absolute Gasteiger partial charge is 0.466 e. The van der Waals surface area contributed by atoms with Crippen molar-refractivity contribution in [2.45, 2.75) is 39.5 Å². The number of anilines is 2. The molecular formula is C22H26N2O4. The molecule has 2 amide bonds. The van der Waals surface area contributed by atoms with Crippen LogP contribution in [0.4, 0.5) is 11.4 Å². The lowest BCUT2D eigenvalue weighted by molar-refractivity contribution is -0.144. The number of nitrogens with one attached hydrogen (secondary N) is 2. The summed E-state index contributed by atoms with van der Waals surface area (Å²) in [7, 11) is 0. The maximum Gasteiger partial charge on any atom is 0.306 e. The molecule has 6 heteroatoms. The van der Waals surface area contributed by atoms with Gasteiger partial charge in [0.15, 0.2) is 0 Å². The van der Waals surface area contributed by atoms with Gasteiger partial charge in [-0.25, -0.2) is 0 Å². The topological polar surface area (TPSA) is 84.5 Å². The van der Waals surface area contributed by atoms with E-state index in [-0.39, 0.29) is 30.6 Å². The molecule has 0 heterocycles. The number of hydrogen-bond donors (Lipinski definition) is 2. The first-order chi connectivity index (χ1) is 13.4. The monoisotopic (exact) mass is 382 g/mol. The molecule has 6 nitrogen and oxygen atoms in total. The van der Waals surface area contributed by atoms with Gasteiger partial charge in [0.2, 0.25) is 11.8 Å². The first-order valence-electron chi connectivity index (χ1n) is 9.31. The predicted octanol–water partition coefficient (Wildman–Crippen LogP) is 3.85. The Morgan fingerprint density at radius 3 is 2.43 bits per heavy atom. The van der Waals surface area contributed by atoms with E-state index in [2.05, 4.69) is 10.6 Å². The van der Waals surface area contributed by atoms with Gasteiger partial charge < -0.3 is 15.4 Å². The average Bonchev–Trinajstić information content (AvgIpc) is 2.67. The van der Waals surface area contributed by atoms with Crippen LogP contribution in [0.5, 0.6) is 0 Å². The van der Waals surface area contributed by atoms with Crippen molar-refractivity contribution < 1.29 is 19.1 Å². The van der Waals surface area contributed by atoms with Gasteiger partial charge in [-0.05, 0) is 43.0 Å². The van der Waals surface area contributed by atoms with Crippen LogP contribution in [0.25, 0.3) is 0 Å². The van der Waals surface area contributed by atoms with Gasteiger partial charge in [-0.15, -0.1) is 0 Å². The van der Waals surface area contributed by atoms with Crippen molar-refractivity contribution in [2.24, 2.45) is 0 Å². The normalized spacial score (nSPS) is 10.2. The summed E-state index contributed by atoms with van der Waals surface area (Å²) in [5, 5.41) is 5.44. The standard InChI is InChI=1S/C22H26N2O4/c1-16-10-11-19(15-20(16)23-17(2)25)24-21(26)12-13-22(27)28-14-6-9-18-7-4-3-5-8-18/h3-5,7-8,10-11,15H,6,9,12-14H2,1-2H3,(H,23,25)(H,24,26). The molecule has 0 atom stereocenters. The molecule has 148 valence electrons. The van der Waals surface area contributed by atoms with E-state index in [1.807, 2.05) is 43.3 Å². The number of amides is 2. The second-order valence-corrected chi connectivity index (χ2v) is 6.57. The van der Waals surface area contributed by atoms with Crippen LogP contribution < -0.4 is 10.6 Å². The molecule has 0 radical (unpaired) electrons. The number of benzene rings is 2. The third-order valence-corrected chi connectivity index (χ3v) is 4.10. The Bertz CT molecular complexity index is 819. The lowest BCUT2D eigenvalue weighted by Gasteiger charge is -2.10. The second kappa shape index (κ2) is 10.9. The summed E-state index contributed by atoms with van der Waals surface area (Å²) in [5.74, 6) is -0.841. The minimum absolute atomic E-state index is 0.0293. The van der Waals surface area contributed by atoms with Crippen LogP contribution in [0.3, 0.4) is 0 Å². The lowest BCUT2D eigenvalue weighted by atomic mass is 10.1. The van der Waals surface area contributed by atoms with E-state index in [4.69, 9.17) is 4.74 Å². The summed E-state index contributed by atoms with van der Waals surface area (Å²) in [6, 6.07) is 15.2. The van der Waals surface area contributed by atoms with Gasteiger partial charge in [0.05, 0.1) is 13.0 Å². The maximum absolute atomic E-state index is 12.0. The Kier molecular flexibility index (Phi) is 8.21. The third-order valence-electron chi connectivity index (χ3n) is 4.10. The molecule has 0 unspecified atom stereocenters. The first-order valence-corrected chi connectivity index (χ1v) is 9.31. The molecule has 0 bridgehead atoms. The fourth-order valence-electron chi connectivity index (χ4n) is 2.64. The fraction of sp³-hybridized carbons (Fsp3) is 0.318. The highest BCUT2D eigenvalue weighted by Crippen LogP contribution is 2.20. The van der Waals surface area contributed by atoms with Crippen LogP contribution in [0, 0.1) is 6.92 Å². The van der Waals surface area contributed by atoms with E-state index >= 15 is 0 Å². The molecule has 0 aromatic heterocycles. The van der Waals surface area contributed by atoms with Gasteiger partial charge in [0.25, 0.3) is 0 Å². The molecule has 2 rings (SSSR count). The highest BCUT2D eigenvalue weighted by molar-refractivity contribution is 5.94. The van der Waals surface area contributed by atoms with Crippen molar-refractivity contribution in [2.75, 3.05) is 17.2 Å². The van der Waals surface area contributed by atoms with E-state index in [0.717, 1.165) is 18.4 Å². The molecule has 0 aliphatic heterocycles. The summed E-state index contributed by atoms with van der Waals surface area (Å²) in [6.45, 7) is 3.63. The quantitative estimate of drug-likeness (QED) is 0.510. The number of hydrogen-bond acceptors (Lipinski definition) is 4. The minimum atomic E-state index is -0.383. The Morgan fingerprint density at radius 1 is 0.964 bits per heavy atom. The van der Waals surface area contributed by atoms with E-state index in [1.54, 1.807) is 12.1 Å². The van der Waals surface area contributed by atoms with Crippen molar-refractivity contribution in [3.05, 3.63) is 59.7 Å². The zero-order valence-electron chi connectivity index (χ0n) is 16.3. The number of carbonyl (C=O) groups excluding carboxylic acids is 3. The van der Waals surface area contributed by atoms with E-state index in [9.17, 15) is 14.4 Å². The molecular weight excluding hydrogens is 356 g/mol. The van der Waals surface area contributed by atoms with E-state index < -0.39 is 0 Å². The SMILES string of the molecule is CC(=O)Nc1cc(NC(=O)CCC(=O)OCCCc2ccccc2)ccc1C. The molecule has 0 spiro atoms. The van der Waals surface area contributed by atoms with Crippen molar-refractivity contribution >= 4 is 29.2 Å². The smallest absolute Gasteiger partial charge is 0.306 e. The number of ether oxygens (including phenoxy) is 1. The number of carbonyl (C=O) groups is 3. The number of esters is 1. The van der Waals surface area contributed by atoms with Crippen LogP contribution in [0.1, 0.15) is 37.3 Å². The second-order valence-electron chi connectivity index (χ2n) is 6.57. The van der Waals surface area contributed by atoms with Crippen molar-refractivity contribution in [1.29, 1.82) is 0 Å². The first kappa shape index (κ1) is 21.2. The van der Waals surface area contributed by atoms with Crippen LogP contribution in [-0.4, -0.2) is 24.4 Å². The van der Waals surface area contributed by atoms with Crippen molar-refractivity contribution in [3.63, 3.8) is 0 Å². The van der Waals surface area contributed by atoms with Crippen molar-refractivity contribution in [3.8, 4) is 0 Å². The highest BCUT2D eigenvalue weighted by Gasteiger charge is 2.10. The van der Waals surface area contributed by atoms with E-state index in [0.29, 0.717) is 18.0 Å². The van der Waals surface area contributed by atoms with Gasteiger partial charge in [0.1, 0.15) is 0 Å². The molecule has 2 N–H and O–H groups in total. The Labute approximate surface area is 165 Å². The fourth-order valence-corrected chi connectivity index (χ4v) is 2.64. The van der Waals surface area contributed by atoms with Crippen LogP contribution in [0.15, 0.2) is 48.5 Å². The van der Waals surface area contributed by atoms with Gasteiger partial charge in [-0.2, -0.15) is 0 Å². The van der Waals surface area contributed by atoms with Gasteiger partial charge in [0, 0.05) is 24.7 Å². The van der Waals surface area contributed by atoms with Gasteiger partial charge in [-0.3, -0.25) is 14.4 Å². The summed E-state index contributed by atoms with van der Waals surface area (Å²) >= 11 is 0. The molecule has 0 saturated heterocycles. The molecule has 0 saturated carbocycles. The van der Waals surface area contributed by atoms with Crippen LogP contribution in [-0.2, 0) is 25.5 Å². The number of aryl methyl sites for hydroxylation is 2. The van der Waals surface area contributed by atoms with Crippen LogP contribution in [0.2, 0.25) is 0 Å². The third kappa shape index (κ3) is 7.61. The molecule has 0 fully saturated rings. The maximum atomic E-state index is 12.0. The van der Waals surface area contributed by atoms with Gasteiger partial charge in [-0.1, -0.05) is 36.4 Å². The zero-order chi connectivity index (χ0) is 20.4. The average molecular weight is 382 g/mol. The zero-order valence-corrected chi connectivity index (χ0v) is 16.3. The molecule has 28 heavy (non-hydrogen) atoms. The summed E-state index contributed by atoms with van der Waals surface area (Å²) < 4.78 is 5.18. The molecule has 2 aromatic rings. The van der Waals surface area contributed by atoms with Gasteiger partial charge >= 0.3 is 5.97 Å². The summed E-state index contributed by atoms with van der Waals surface area (Å²) in [6.07, 6.45) is 1.67. The molecule has 0 aliphatic carbocycles. The number of rotatable bonds is 9. The van der Waals surface area contributed by atoms with Crippen LogP contribution >= 0.6 is 0 Å². The summed E-state index contributed by atoms with van der Waals surface area (Å²) in [5.41, 5.74) is 3.31.